The third kappa shape index (κ3) is 6.36. The van der Waals surface area contributed by atoms with Crippen molar-refractivity contribution in [3.63, 3.8) is 0 Å². The molecule has 5 nitrogen and oxygen atoms in total. The molecule has 1 fully saturated rings. The Morgan fingerprint density at radius 1 is 0.824 bits per heavy atom. The predicted molar refractivity (Wildman–Crippen MR) is 125 cm³/mol. The molecule has 1 amide bonds. The number of alkyl halides is 3. The summed E-state index contributed by atoms with van der Waals surface area (Å²) in [5.41, 5.74) is 1.85. The summed E-state index contributed by atoms with van der Waals surface area (Å²) in [4.78, 5) is 17.2. The van der Waals surface area contributed by atoms with Crippen LogP contribution < -0.4 is 5.32 Å². The van der Waals surface area contributed by atoms with Gasteiger partial charge < -0.3 is 10.4 Å². The molecular weight excluding hydrogens is 443 g/mol. The Bertz CT molecular complexity index is 1120. The van der Waals surface area contributed by atoms with Crippen LogP contribution in [0.2, 0.25) is 0 Å². The highest BCUT2D eigenvalue weighted by atomic mass is 19.4. The van der Waals surface area contributed by atoms with Crippen molar-refractivity contribution in [3.05, 3.63) is 95.1 Å². The third-order valence-corrected chi connectivity index (χ3v) is 5.85. The third-order valence-electron chi connectivity index (χ3n) is 5.85. The number of piperazine rings is 1. The lowest BCUT2D eigenvalue weighted by molar-refractivity contribution is -0.137. The summed E-state index contributed by atoms with van der Waals surface area (Å²) in [5, 5.41) is 12.1. The number of rotatable bonds is 6. The number of amides is 1. The van der Waals surface area contributed by atoms with Gasteiger partial charge in [-0.25, -0.2) is 0 Å². The van der Waals surface area contributed by atoms with Gasteiger partial charge in [0.05, 0.1) is 5.56 Å². The number of phenols is 1. The molecular formula is C26H26F3N3O2. The first-order valence-corrected chi connectivity index (χ1v) is 11.1. The van der Waals surface area contributed by atoms with Gasteiger partial charge in [0.1, 0.15) is 5.75 Å². The minimum absolute atomic E-state index is 0.0371. The molecule has 178 valence electrons. The van der Waals surface area contributed by atoms with Crippen LogP contribution >= 0.6 is 0 Å². The van der Waals surface area contributed by atoms with Crippen LogP contribution in [-0.4, -0.2) is 47.0 Å². The minimum atomic E-state index is -4.50. The fourth-order valence-corrected chi connectivity index (χ4v) is 4.01. The highest BCUT2D eigenvalue weighted by molar-refractivity contribution is 6.04. The summed E-state index contributed by atoms with van der Waals surface area (Å²) in [5.74, 6) is -0.312. The van der Waals surface area contributed by atoms with Gasteiger partial charge in [0.2, 0.25) is 0 Å². The van der Waals surface area contributed by atoms with Crippen molar-refractivity contribution in [1.82, 2.24) is 9.80 Å². The van der Waals surface area contributed by atoms with Gasteiger partial charge in [-0.15, -0.1) is 0 Å². The van der Waals surface area contributed by atoms with Gasteiger partial charge in [0.15, 0.2) is 0 Å². The van der Waals surface area contributed by atoms with E-state index in [1.165, 1.54) is 12.1 Å². The molecule has 3 aromatic carbocycles. The first-order chi connectivity index (χ1) is 16.3. The first-order valence-electron chi connectivity index (χ1n) is 11.1. The van der Waals surface area contributed by atoms with Gasteiger partial charge >= 0.3 is 6.18 Å². The number of hydrogen-bond donors (Lipinski definition) is 2. The Morgan fingerprint density at radius 3 is 2.09 bits per heavy atom. The lowest BCUT2D eigenvalue weighted by Crippen LogP contribution is -2.45. The van der Waals surface area contributed by atoms with E-state index in [0.29, 0.717) is 5.69 Å². The summed E-state index contributed by atoms with van der Waals surface area (Å²) >= 11 is 0. The van der Waals surface area contributed by atoms with E-state index in [0.717, 1.165) is 62.5 Å². The van der Waals surface area contributed by atoms with Gasteiger partial charge in [0, 0.05) is 50.5 Å². The zero-order valence-electron chi connectivity index (χ0n) is 18.6. The largest absolute Gasteiger partial charge is 0.508 e. The van der Waals surface area contributed by atoms with Crippen molar-refractivity contribution in [2.45, 2.75) is 19.3 Å². The monoisotopic (exact) mass is 469 g/mol. The quantitative estimate of drug-likeness (QED) is 0.535. The molecule has 8 heteroatoms. The molecule has 1 heterocycles. The Hall–Kier alpha value is -3.36. The second-order valence-corrected chi connectivity index (χ2v) is 8.45. The molecule has 34 heavy (non-hydrogen) atoms. The van der Waals surface area contributed by atoms with E-state index in [2.05, 4.69) is 15.1 Å². The molecule has 3 aromatic rings. The van der Waals surface area contributed by atoms with Crippen LogP contribution in [0.25, 0.3) is 0 Å². The number of aromatic hydroxyl groups is 1. The fraction of sp³-hybridized carbons (Fsp3) is 0.269. The number of halogens is 3. The maximum absolute atomic E-state index is 12.9. The molecule has 0 saturated carbocycles. The van der Waals surface area contributed by atoms with Crippen LogP contribution in [0.4, 0.5) is 18.9 Å². The Morgan fingerprint density at radius 2 is 1.44 bits per heavy atom. The molecule has 0 bridgehead atoms. The average Bonchev–Trinajstić information content (AvgIpc) is 2.82. The molecule has 1 aliphatic rings. The summed E-state index contributed by atoms with van der Waals surface area (Å²) < 4.78 is 38.8. The second-order valence-electron chi connectivity index (χ2n) is 8.45. The highest BCUT2D eigenvalue weighted by Crippen LogP contribution is 2.29. The van der Waals surface area contributed by atoms with E-state index in [1.807, 2.05) is 30.3 Å². The summed E-state index contributed by atoms with van der Waals surface area (Å²) in [6, 6.07) is 19.1. The van der Waals surface area contributed by atoms with Crippen molar-refractivity contribution in [3.8, 4) is 5.75 Å². The topological polar surface area (TPSA) is 55.8 Å². The second kappa shape index (κ2) is 10.3. The van der Waals surface area contributed by atoms with Crippen LogP contribution in [0.3, 0.4) is 0 Å². The normalized spacial score (nSPS) is 15.3. The Balaban J connectivity index is 1.31. The van der Waals surface area contributed by atoms with Crippen molar-refractivity contribution in [1.29, 1.82) is 0 Å². The lowest BCUT2D eigenvalue weighted by Gasteiger charge is -2.34. The summed E-state index contributed by atoms with van der Waals surface area (Å²) in [6.45, 7) is 5.21. The SMILES string of the molecule is O=C(Nc1cccc(CN2CCN(Cc3ccc(O)cc3)CC2)c1)c1cccc(C(F)(F)F)c1. The van der Waals surface area contributed by atoms with Crippen LogP contribution in [0, 0.1) is 0 Å². The van der Waals surface area contributed by atoms with Crippen molar-refractivity contribution in [2.75, 3.05) is 31.5 Å². The first kappa shape index (κ1) is 23.8. The molecule has 0 spiro atoms. The minimum Gasteiger partial charge on any atom is -0.508 e. The summed E-state index contributed by atoms with van der Waals surface area (Å²) in [6.07, 6.45) is -4.50. The van der Waals surface area contributed by atoms with Crippen LogP contribution in [0.5, 0.6) is 5.75 Å². The number of benzene rings is 3. The zero-order valence-corrected chi connectivity index (χ0v) is 18.6. The van der Waals surface area contributed by atoms with E-state index in [9.17, 15) is 23.1 Å². The summed E-state index contributed by atoms with van der Waals surface area (Å²) in [7, 11) is 0. The number of hydrogen-bond acceptors (Lipinski definition) is 4. The van der Waals surface area contributed by atoms with Crippen LogP contribution in [0.1, 0.15) is 27.0 Å². The van der Waals surface area contributed by atoms with Gasteiger partial charge in [-0.1, -0.05) is 30.3 Å². The number of nitrogens with zero attached hydrogens (tertiary/aromatic N) is 2. The zero-order chi connectivity index (χ0) is 24.1. The maximum atomic E-state index is 12.9. The number of carbonyl (C=O) groups excluding carboxylic acids is 1. The van der Waals surface area contributed by atoms with Gasteiger partial charge in [-0.2, -0.15) is 13.2 Å². The molecule has 1 saturated heterocycles. The molecule has 0 unspecified atom stereocenters. The Labute approximate surface area is 196 Å². The van der Waals surface area contributed by atoms with Gasteiger partial charge in [-0.05, 0) is 53.6 Å². The number of nitrogens with one attached hydrogen (secondary N) is 1. The number of anilines is 1. The van der Waals surface area contributed by atoms with E-state index >= 15 is 0 Å². The van der Waals surface area contributed by atoms with Crippen LogP contribution in [0.15, 0.2) is 72.8 Å². The maximum Gasteiger partial charge on any atom is 0.416 e. The number of carbonyl (C=O) groups is 1. The lowest BCUT2D eigenvalue weighted by atomic mass is 10.1. The van der Waals surface area contributed by atoms with E-state index < -0.39 is 17.6 Å². The number of phenolic OH excluding ortho intramolecular Hbond substituents is 1. The van der Waals surface area contributed by atoms with Crippen molar-refractivity contribution in [2.24, 2.45) is 0 Å². The van der Waals surface area contributed by atoms with Gasteiger partial charge in [-0.3, -0.25) is 14.6 Å². The smallest absolute Gasteiger partial charge is 0.416 e. The molecule has 1 aliphatic heterocycles. The van der Waals surface area contributed by atoms with E-state index in [4.69, 9.17) is 0 Å². The van der Waals surface area contributed by atoms with E-state index in [-0.39, 0.29) is 11.3 Å². The molecule has 0 aliphatic carbocycles. The van der Waals surface area contributed by atoms with Crippen molar-refractivity contribution >= 4 is 11.6 Å². The van der Waals surface area contributed by atoms with Crippen LogP contribution in [-0.2, 0) is 19.3 Å². The molecule has 0 atom stereocenters. The average molecular weight is 470 g/mol. The van der Waals surface area contributed by atoms with Gasteiger partial charge in [0.25, 0.3) is 5.91 Å². The molecule has 4 rings (SSSR count). The standard InChI is InChI=1S/C26H26F3N3O2/c27-26(28,29)22-5-2-4-21(16-22)25(34)30-23-6-1-3-20(15-23)18-32-13-11-31(12-14-32)17-19-7-9-24(33)10-8-19/h1-10,15-16,33H,11-14,17-18H2,(H,30,34). The molecule has 0 aromatic heterocycles. The predicted octanol–water partition coefficient (Wildman–Crippen LogP) is 4.98. The Kier molecular flexibility index (Phi) is 7.19. The highest BCUT2D eigenvalue weighted by Gasteiger charge is 2.30. The van der Waals surface area contributed by atoms with Crippen molar-refractivity contribution < 1.29 is 23.1 Å². The molecule has 0 radical (unpaired) electrons. The fourth-order valence-electron chi connectivity index (χ4n) is 4.01. The van der Waals surface area contributed by atoms with E-state index in [1.54, 1.807) is 18.2 Å². The molecule has 2 N–H and O–H groups in total.